The maximum absolute atomic E-state index is 12.4. The van der Waals surface area contributed by atoms with Crippen molar-refractivity contribution in [3.63, 3.8) is 0 Å². The molecule has 2 aromatic rings. The second-order valence-corrected chi connectivity index (χ2v) is 5.33. The second-order valence-electron chi connectivity index (χ2n) is 4.48. The summed E-state index contributed by atoms with van der Waals surface area (Å²) in [5.41, 5.74) is 3.53. The first-order valence-electron chi connectivity index (χ1n) is 6.48. The van der Waals surface area contributed by atoms with Gasteiger partial charge in [-0.15, -0.1) is 11.3 Å². The third-order valence-corrected chi connectivity index (χ3v) is 3.82. The van der Waals surface area contributed by atoms with Crippen LogP contribution in [0.5, 0.6) is 0 Å². The summed E-state index contributed by atoms with van der Waals surface area (Å²) in [7, 11) is 1.85. The van der Waals surface area contributed by atoms with E-state index in [9.17, 15) is 4.79 Å². The van der Waals surface area contributed by atoms with E-state index in [0.717, 1.165) is 35.5 Å². The molecule has 0 radical (unpaired) electrons. The number of hydrogen-bond acceptors (Lipinski definition) is 3. The number of nitrogens with zero attached hydrogens (tertiary/aromatic N) is 2. The summed E-state index contributed by atoms with van der Waals surface area (Å²) in [5, 5.41) is 0. The Bertz CT molecular complexity index is 536. The SMILES string of the molecule is CCCCN(C)C(=O)c1scnc1-c1ccccc1. The van der Waals surface area contributed by atoms with Crippen molar-refractivity contribution in [3.05, 3.63) is 40.7 Å². The average Bonchev–Trinajstić information content (AvgIpc) is 2.94. The Balaban J connectivity index is 2.22. The van der Waals surface area contributed by atoms with Crippen molar-refractivity contribution in [2.24, 2.45) is 0 Å². The van der Waals surface area contributed by atoms with Gasteiger partial charge in [-0.25, -0.2) is 4.98 Å². The van der Waals surface area contributed by atoms with E-state index < -0.39 is 0 Å². The van der Waals surface area contributed by atoms with Gasteiger partial charge < -0.3 is 4.90 Å². The average molecular weight is 274 g/mol. The summed E-state index contributed by atoms with van der Waals surface area (Å²) < 4.78 is 0. The van der Waals surface area contributed by atoms with Gasteiger partial charge in [-0.3, -0.25) is 4.79 Å². The molecule has 0 atom stereocenters. The summed E-state index contributed by atoms with van der Waals surface area (Å²) in [6.45, 7) is 2.92. The number of carbonyl (C=O) groups is 1. The molecule has 0 bridgehead atoms. The van der Waals surface area contributed by atoms with E-state index >= 15 is 0 Å². The van der Waals surface area contributed by atoms with Crippen LogP contribution in [0.15, 0.2) is 35.8 Å². The molecule has 19 heavy (non-hydrogen) atoms. The smallest absolute Gasteiger partial charge is 0.265 e. The van der Waals surface area contributed by atoms with E-state index in [1.54, 1.807) is 10.4 Å². The quantitative estimate of drug-likeness (QED) is 0.833. The number of benzene rings is 1. The van der Waals surface area contributed by atoms with Crippen molar-refractivity contribution >= 4 is 17.2 Å². The Kier molecular flexibility index (Phi) is 4.68. The van der Waals surface area contributed by atoms with Gasteiger partial charge in [0.05, 0.1) is 11.2 Å². The number of rotatable bonds is 5. The summed E-state index contributed by atoms with van der Waals surface area (Å²) >= 11 is 1.41. The topological polar surface area (TPSA) is 33.2 Å². The highest BCUT2D eigenvalue weighted by molar-refractivity contribution is 7.12. The largest absolute Gasteiger partial charge is 0.341 e. The molecule has 2 rings (SSSR count). The van der Waals surface area contributed by atoms with Crippen LogP contribution in [0, 0.1) is 0 Å². The highest BCUT2D eigenvalue weighted by Gasteiger charge is 2.19. The van der Waals surface area contributed by atoms with Gasteiger partial charge in [0.1, 0.15) is 4.88 Å². The van der Waals surface area contributed by atoms with E-state index in [0.29, 0.717) is 0 Å². The van der Waals surface area contributed by atoms with Crippen LogP contribution >= 0.6 is 11.3 Å². The van der Waals surface area contributed by atoms with E-state index in [2.05, 4.69) is 11.9 Å². The van der Waals surface area contributed by atoms with Crippen molar-refractivity contribution in [1.82, 2.24) is 9.88 Å². The fraction of sp³-hybridized carbons (Fsp3) is 0.333. The van der Waals surface area contributed by atoms with Crippen molar-refractivity contribution in [2.45, 2.75) is 19.8 Å². The van der Waals surface area contributed by atoms with Gasteiger partial charge >= 0.3 is 0 Å². The molecule has 0 aliphatic rings. The van der Waals surface area contributed by atoms with Crippen LogP contribution in [0.25, 0.3) is 11.3 Å². The highest BCUT2D eigenvalue weighted by atomic mass is 32.1. The Hall–Kier alpha value is -1.68. The second kappa shape index (κ2) is 6.48. The fourth-order valence-corrected chi connectivity index (χ4v) is 2.67. The third kappa shape index (κ3) is 3.20. The highest BCUT2D eigenvalue weighted by Crippen LogP contribution is 2.26. The molecular weight excluding hydrogens is 256 g/mol. The molecule has 0 saturated heterocycles. The molecular formula is C15H18N2OS. The van der Waals surface area contributed by atoms with Gasteiger partial charge in [-0.1, -0.05) is 43.7 Å². The Morgan fingerprint density at radius 2 is 2.05 bits per heavy atom. The van der Waals surface area contributed by atoms with Crippen molar-refractivity contribution < 1.29 is 4.79 Å². The molecule has 0 fully saturated rings. The maximum atomic E-state index is 12.4. The molecule has 0 N–H and O–H groups in total. The lowest BCUT2D eigenvalue weighted by molar-refractivity contribution is 0.0798. The monoisotopic (exact) mass is 274 g/mol. The zero-order valence-electron chi connectivity index (χ0n) is 11.3. The summed E-state index contributed by atoms with van der Waals surface area (Å²) in [5.74, 6) is 0.0646. The predicted octanol–water partition coefficient (Wildman–Crippen LogP) is 3.68. The number of carbonyl (C=O) groups excluding carboxylic acids is 1. The van der Waals surface area contributed by atoms with Crippen molar-refractivity contribution in [1.29, 1.82) is 0 Å². The van der Waals surface area contributed by atoms with Crippen LogP contribution in [0.1, 0.15) is 29.4 Å². The number of aromatic nitrogens is 1. The lowest BCUT2D eigenvalue weighted by Gasteiger charge is -2.16. The molecule has 4 heteroatoms. The number of unbranched alkanes of at least 4 members (excludes halogenated alkanes) is 1. The van der Waals surface area contributed by atoms with Crippen LogP contribution < -0.4 is 0 Å². The molecule has 100 valence electrons. The molecule has 1 heterocycles. The van der Waals surface area contributed by atoms with Crippen LogP contribution in [0.3, 0.4) is 0 Å². The van der Waals surface area contributed by atoms with Crippen LogP contribution in [0.4, 0.5) is 0 Å². The van der Waals surface area contributed by atoms with Gasteiger partial charge in [-0.2, -0.15) is 0 Å². The van der Waals surface area contributed by atoms with E-state index in [-0.39, 0.29) is 5.91 Å². The Morgan fingerprint density at radius 3 is 2.74 bits per heavy atom. The van der Waals surface area contributed by atoms with Crippen LogP contribution in [-0.2, 0) is 0 Å². The third-order valence-electron chi connectivity index (χ3n) is 3.00. The minimum atomic E-state index is 0.0646. The standard InChI is InChI=1S/C15H18N2OS/c1-3-4-10-17(2)15(18)14-13(16-11-19-14)12-8-6-5-7-9-12/h5-9,11H,3-4,10H2,1-2H3. The molecule has 0 aliphatic carbocycles. The minimum Gasteiger partial charge on any atom is -0.341 e. The molecule has 3 nitrogen and oxygen atoms in total. The van der Waals surface area contributed by atoms with E-state index in [4.69, 9.17) is 0 Å². The molecule has 0 saturated carbocycles. The first-order valence-corrected chi connectivity index (χ1v) is 7.36. The molecule has 0 spiro atoms. The number of hydrogen-bond donors (Lipinski definition) is 0. The van der Waals surface area contributed by atoms with Gasteiger partial charge in [0.2, 0.25) is 0 Å². The number of thiazole rings is 1. The normalized spacial score (nSPS) is 10.4. The summed E-state index contributed by atoms with van der Waals surface area (Å²) in [6, 6.07) is 9.86. The minimum absolute atomic E-state index is 0.0646. The zero-order valence-corrected chi connectivity index (χ0v) is 12.1. The molecule has 0 aliphatic heterocycles. The molecule has 1 amide bonds. The van der Waals surface area contributed by atoms with Crippen LogP contribution in [0.2, 0.25) is 0 Å². The van der Waals surface area contributed by atoms with Crippen molar-refractivity contribution in [3.8, 4) is 11.3 Å². The lowest BCUT2D eigenvalue weighted by Crippen LogP contribution is -2.27. The Labute approximate surface area is 117 Å². The predicted molar refractivity (Wildman–Crippen MR) is 79.4 cm³/mol. The molecule has 1 aromatic heterocycles. The van der Waals surface area contributed by atoms with Gasteiger partial charge in [-0.05, 0) is 6.42 Å². The Morgan fingerprint density at radius 1 is 1.32 bits per heavy atom. The first kappa shape index (κ1) is 13.7. The molecule has 1 aromatic carbocycles. The van der Waals surface area contributed by atoms with Crippen molar-refractivity contribution in [2.75, 3.05) is 13.6 Å². The summed E-state index contributed by atoms with van der Waals surface area (Å²) in [6.07, 6.45) is 2.12. The van der Waals surface area contributed by atoms with Gasteiger partial charge in [0.25, 0.3) is 5.91 Å². The fourth-order valence-electron chi connectivity index (χ4n) is 1.87. The summed E-state index contributed by atoms with van der Waals surface area (Å²) in [4.78, 5) is 19.3. The van der Waals surface area contributed by atoms with Crippen LogP contribution in [-0.4, -0.2) is 29.4 Å². The van der Waals surface area contributed by atoms with E-state index in [1.165, 1.54) is 11.3 Å². The molecule has 0 unspecified atom stereocenters. The van der Waals surface area contributed by atoms with E-state index in [1.807, 2.05) is 37.4 Å². The zero-order chi connectivity index (χ0) is 13.7. The lowest BCUT2D eigenvalue weighted by atomic mass is 10.1. The van der Waals surface area contributed by atoms with Gasteiger partial charge in [0, 0.05) is 19.2 Å². The maximum Gasteiger partial charge on any atom is 0.265 e. The number of amides is 1. The van der Waals surface area contributed by atoms with Gasteiger partial charge in [0.15, 0.2) is 0 Å². The first-order chi connectivity index (χ1) is 9.24.